The SMILES string of the molecule is FC(F)(F)c1cc(C2=NCc3ccc(Cl)cc3-n3cccc32)ccn1. The van der Waals surface area contributed by atoms with Gasteiger partial charge in [-0.15, -0.1) is 0 Å². The van der Waals surface area contributed by atoms with Crippen molar-refractivity contribution in [1.29, 1.82) is 0 Å². The zero-order valence-electron chi connectivity index (χ0n) is 12.8. The number of aromatic nitrogens is 2. The summed E-state index contributed by atoms with van der Waals surface area (Å²) in [6.45, 7) is 0.354. The molecule has 0 aliphatic carbocycles. The Balaban J connectivity index is 1.88. The molecule has 3 aromatic rings. The molecule has 4 rings (SSSR count). The Morgan fingerprint density at radius 1 is 1.08 bits per heavy atom. The van der Waals surface area contributed by atoms with E-state index in [1.807, 2.05) is 35.0 Å². The number of pyridine rings is 1. The van der Waals surface area contributed by atoms with Crippen LogP contribution in [-0.4, -0.2) is 15.3 Å². The highest BCUT2D eigenvalue weighted by atomic mass is 35.5. The van der Waals surface area contributed by atoms with Crippen LogP contribution in [0.15, 0.2) is 59.9 Å². The highest BCUT2D eigenvalue weighted by Gasteiger charge is 2.33. The van der Waals surface area contributed by atoms with Crippen LogP contribution in [0.3, 0.4) is 0 Å². The van der Waals surface area contributed by atoms with E-state index in [1.165, 1.54) is 6.07 Å². The first-order chi connectivity index (χ1) is 11.9. The molecule has 3 nitrogen and oxygen atoms in total. The molecule has 0 bridgehead atoms. The first-order valence-corrected chi connectivity index (χ1v) is 7.86. The molecule has 0 radical (unpaired) electrons. The van der Waals surface area contributed by atoms with Crippen LogP contribution in [0, 0.1) is 0 Å². The smallest absolute Gasteiger partial charge is 0.315 e. The molecule has 0 atom stereocenters. The van der Waals surface area contributed by atoms with E-state index in [-0.39, 0.29) is 0 Å². The van der Waals surface area contributed by atoms with Crippen molar-refractivity contribution in [2.75, 3.05) is 0 Å². The van der Waals surface area contributed by atoms with Gasteiger partial charge >= 0.3 is 6.18 Å². The van der Waals surface area contributed by atoms with E-state index < -0.39 is 11.9 Å². The van der Waals surface area contributed by atoms with Crippen molar-refractivity contribution in [3.05, 3.63) is 82.4 Å². The van der Waals surface area contributed by atoms with Gasteiger partial charge in [0.2, 0.25) is 0 Å². The molecule has 3 heterocycles. The molecule has 126 valence electrons. The molecule has 1 aliphatic heterocycles. The quantitative estimate of drug-likeness (QED) is 0.606. The Kier molecular flexibility index (Phi) is 3.65. The van der Waals surface area contributed by atoms with Crippen LogP contribution in [0.2, 0.25) is 5.02 Å². The number of rotatable bonds is 1. The summed E-state index contributed by atoms with van der Waals surface area (Å²) >= 11 is 6.10. The molecule has 25 heavy (non-hydrogen) atoms. The lowest BCUT2D eigenvalue weighted by Crippen LogP contribution is -2.12. The zero-order chi connectivity index (χ0) is 17.6. The number of hydrogen-bond donors (Lipinski definition) is 0. The van der Waals surface area contributed by atoms with E-state index in [2.05, 4.69) is 9.98 Å². The first-order valence-electron chi connectivity index (χ1n) is 7.48. The van der Waals surface area contributed by atoms with Crippen molar-refractivity contribution in [3.63, 3.8) is 0 Å². The van der Waals surface area contributed by atoms with Crippen LogP contribution < -0.4 is 0 Å². The summed E-state index contributed by atoms with van der Waals surface area (Å²) in [5, 5.41) is 0.588. The van der Waals surface area contributed by atoms with Crippen molar-refractivity contribution < 1.29 is 13.2 Å². The van der Waals surface area contributed by atoms with Crippen LogP contribution in [0.1, 0.15) is 22.5 Å². The highest BCUT2D eigenvalue weighted by molar-refractivity contribution is 6.30. The summed E-state index contributed by atoms with van der Waals surface area (Å²) in [5.41, 5.74) is 2.46. The number of nitrogens with zero attached hydrogens (tertiary/aromatic N) is 3. The summed E-state index contributed by atoms with van der Waals surface area (Å²) in [6, 6.07) is 11.7. The Hall–Kier alpha value is -2.60. The molecule has 0 spiro atoms. The second-order valence-corrected chi connectivity index (χ2v) is 6.07. The minimum absolute atomic E-state index is 0.354. The molecular weight excluding hydrogens is 351 g/mol. The molecule has 1 aromatic carbocycles. The van der Waals surface area contributed by atoms with E-state index in [0.717, 1.165) is 23.5 Å². The number of aliphatic imine (C=N–C) groups is 1. The van der Waals surface area contributed by atoms with Gasteiger partial charge in [0.1, 0.15) is 5.69 Å². The van der Waals surface area contributed by atoms with Gasteiger partial charge in [0.15, 0.2) is 0 Å². The number of hydrogen-bond acceptors (Lipinski definition) is 2. The number of fused-ring (bicyclic) bond motifs is 3. The van der Waals surface area contributed by atoms with Crippen LogP contribution in [0.5, 0.6) is 0 Å². The molecule has 0 amide bonds. The third-order valence-corrected chi connectivity index (χ3v) is 4.26. The van der Waals surface area contributed by atoms with Gasteiger partial charge in [-0.05, 0) is 42.0 Å². The number of alkyl halides is 3. The van der Waals surface area contributed by atoms with Gasteiger partial charge in [-0.3, -0.25) is 9.98 Å². The van der Waals surface area contributed by atoms with Gasteiger partial charge in [0.25, 0.3) is 0 Å². The predicted octanol–water partition coefficient (Wildman–Crippen LogP) is 4.90. The van der Waals surface area contributed by atoms with Gasteiger partial charge in [-0.2, -0.15) is 13.2 Å². The molecule has 0 saturated carbocycles. The average Bonchev–Trinajstić information content (AvgIpc) is 2.99. The Morgan fingerprint density at radius 2 is 1.92 bits per heavy atom. The molecule has 7 heteroatoms. The van der Waals surface area contributed by atoms with Crippen LogP contribution in [0.4, 0.5) is 13.2 Å². The summed E-state index contributed by atoms with van der Waals surface area (Å²) in [6.07, 6.45) is -1.50. The largest absolute Gasteiger partial charge is 0.433 e. The fraction of sp³-hybridized carbons (Fsp3) is 0.111. The molecule has 0 unspecified atom stereocenters. The predicted molar refractivity (Wildman–Crippen MR) is 89.4 cm³/mol. The van der Waals surface area contributed by atoms with E-state index in [4.69, 9.17) is 11.6 Å². The fourth-order valence-corrected chi connectivity index (χ4v) is 3.06. The summed E-state index contributed by atoms with van der Waals surface area (Å²) < 4.78 is 40.9. The second-order valence-electron chi connectivity index (χ2n) is 5.63. The van der Waals surface area contributed by atoms with Crippen LogP contribution in [-0.2, 0) is 12.7 Å². The molecule has 0 fully saturated rings. The second kappa shape index (κ2) is 5.74. The number of halogens is 4. The van der Waals surface area contributed by atoms with Crippen molar-refractivity contribution in [3.8, 4) is 5.69 Å². The normalized spacial score (nSPS) is 13.7. The maximum atomic E-state index is 13.0. The minimum atomic E-state index is -4.50. The third kappa shape index (κ3) is 2.82. The van der Waals surface area contributed by atoms with Gasteiger partial charge in [0, 0.05) is 23.0 Å². The van der Waals surface area contributed by atoms with E-state index in [1.54, 1.807) is 6.07 Å². The van der Waals surface area contributed by atoms with Crippen molar-refractivity contribution in [2.24, 2.45) is 4.99 Å². The summed E-state index contributed by atoms with van der Waals surface area (Å²) in [5.74, 6) is 0. The lowest BCUT2D eigenvalue weighted by Gasteiger charge is -2.12. The molecule has 2 aromatic heterocycles. The lowest BCUT2D eigenvalue weighted by molar-refractivity contribution is -0.141. The van der Waals surface area contributed by atoms with E-state index in [9.17, 15) is 13.2 Å². The van der Waals surface area contributed by atoms with Crippen LogP contribution >= 0.6 is 11.6 Å². The first kappa shape index (κ1) is 15.9. The topological polar surface area (TPSA) is 30.2 Å². The van der Waals surface area contributed by atoms with Crippen LogP contribution in [0.25, 0.3) is 5.69 Å². The van der Waals surface area contributed by atoms with Gasteiger partial charge in [0.05, 0.1) is 23.6 Å². The van der Waals surface area contributed by atoms with E-state index >= 15 is 0 Å². The molecular formula is C18H11ClF3N3. The Bertz CT molecular complexity index is 989. The maximum absolute atomic E-state index is 13.0. The van der Waals surface area contributed by atoms with Gasteiger partial charge in [-0.25, -0.2) is 0 Å². The van der Waals surface area contributed by atoms with Crippen molar-refractivity contribution in [1.82, 2.24) is 9.55 Å². The van der Waals surface area contributed by atoms with Crippen molar-refractivity contribution in [2.45, 2.75) is 12.7 Å². The Morgan fingerprint density at radius 3 is 2.72 bits per heavy atom. The third-order valence-electron chi connectivity index (χ3n) is 4.03. The van der Waals surface area contributed by atoms with Gasteiger partial charge in [-0.1, -0.05) is 17.7 Å². The molecule has 0 saturated heterocycles. The maximum Gasteiger partial charge on any atom is 0.433 e. The summed E-state index contributed by atoms with van der Waals surface area (Å²) in [7, 11) is 0. The standard InChI is InChI=1S/C18H11ClF3N3/c19-13-4-3-12-10-24-17(14-2-1-7-25(14)15(12)9-13)11-5-6-23-16(8-11)18(20,21)22/h1-9H,10H2. The zero-order valence-corrected chi connectivity index (χ0v) is 13.5. The number of benzene rings is 1. The van der Waals surface area contributed by atoms with Crippen molar-refractivity contribution >= 4 is 17.3 Å². The summed E-state index contributed by atoms with van der Waals surface area (Å²) in [4.78, 5) is 7.98. The average molecular weight is 362 g/mol. The molecule has 0 N–H and O–H groups in total. The lowest BCUT2D eigenvalue weighted by atomic mass is 10.1. The minimum Gasteiger partial charge on any atom is -0.315 e. The molecule has 1 aliphatic rings. The van der Waals surface area contributed by atoms with E-state index in [0.29, 0.717) is 28.5 Å². The fourth-order valence-electron chi connectivity index (χ4n) is 2.90. The van der Waals surface area contributed by atoms with Gasteiger partial charge < -0.3 is 4.57 Å². The monoisotopic (exact) mass is 361 g/mol. The highest BCUT2D eigenvalue weighted by Crippen LogP contribution is 2.30. The Labute approximate surface area is 146 Å².